The van der Waals surface area contributed by atoms with Gasteiger partial charge in [0.25, 0.3) is 0 Å². The van der Waals surface area contributed by atoms with Crippen LogP contribution < -0.4 is 10.1 Å². The quantitative estimate of drug-likeness (QED) is 0.724. The number of amides is 1. The molecular formula is C22H27FN2O4S. The SMILES string of the molecule is CC[C@@H](NC(=O)C1CCN(S(=O)(=O)c2ccc(F)cc2)CC1)c1ccc(OC)cc1. The van der Waals surface area contributed by atoms with E-state index in [9.17, 15) is 17.6 Å². The minimum atomic E-state index is -3.68. The number of piperidine rings is 1. The zero-order valence-corrected chi connectivity index (χ0v) is 18.0. The number of sulfonamides is 1. The molecule has 0 bridgehead atoms. The number of nitrogens with one attached hydrogen (secondary N) is 1. The van der Waals surface area contributed by atoms with Gasteiger partial charge in [-0.15, -0.1) is 0 Å². The van der Waals surface area contributed by atoms with E-state index in [1.807, 2.05) is 31.2 Å². The predicted octanol–water partition coefficient (Wildman–Crippen LogP) is 3.50. The van der Waals surface area contributed by atoms with Gasteiger partial charge >= 0.3 is 0 Å². The Morgan fingerprint density at radius 3 is 2.27 bits per heavy atom. The summed E-state index contributed by atoms with van der Waals surface area (Å²) < 4.78 is 45.1. The lowest BCUT2D eigenvalue weighted by Crippen LogP contribution is -2.43. The van der Waals surface area contributed by atoms with Crippen LogP contribution in [0.25, 0.3) is 0 Å². The summed E-state index contributed by atoms with van der Waals surface area (Å²) in [6, 6.07) is 12.3. The normalized spacial score (nSPS) is 16.8. The Hall–Kier alpha value is -2.45. The topological polar surface area (TPSA) is 75.7 Å². The van der Waals surface area contributed by atoms with E-state index >= 15 is 0 Å². The van der Waals surface area contributed by atoms with Crippen molar-refractivity contribution in [1.82, 2.24) is 9.62 Å². The first kappa shape index (κ1) is 22.2. The van der Waals surface area contributed by atoms with Crippen LogP contribution in [0.1, 0.15) is 37.8 Å². The second-order valence-electron chi connectivity index (χ2n) is 7.37. The van der Waals surface area contributed by atoms with Crippen LogP contribution in [0.2, 0.25) is 0 Å². The first-order valence-electron chi connectivity index (χ1n) is 10.0. The number of hydrogen-bond acceptors (Lipinski definition) is 4. The summed E-state index contributed by atoms with van der Waals surface area (Å²) in [7, 11) is -2.07. The van der Waals surface area contributed by atoms with Crippen LogP contribution in [-0.2, 0) is 14.8 Å². The highest BCUT2D eigenvalue weighted by Gasteiger charge is 2.32. The van der Waals surface area contributed by atoms with E-state index in [1.165, 1.54) is 16.4 Å². The first-order chi connectivity index (χ1) is 14.3. The third-order valence-electron chi connectivity index (χ3n) is 5.52. The van der Waals surface area contributed by atoms with E-state index in [0.29, 0.717) is 12.8 Å². The van der Waals surface area contributed by atoms with Gasteiger partial charge < -0.3 is 10.1 Å². The summed E-state index contributed by atoms with van der Waals surface area (Å²) in [5, 5.41) is 3.09. The Balaban J connectivity index is 1.59. The molecule has 1 N–H and O–H groups in total. The number of rotatable bonds is 7. The molecule has 8 heteroatoms. The highest BCUT2D eigenvalue weighted by atomic mass is 32.2. The van der Waals surface area contributed by atoms with Crippen molar-refractivity contribution in [2.45, 2.75) is 37.1 Å². The summed E-state index contributed by atoms with van der Waals surface area (Å²) in [6.07, 6.45) is 1.65. The zero-order valence-electron chi connectivity index (χ0n) is 17.2. The molecule has 162 valence electrons. The lowest BCUT2D eigenvalue weighted by Gasteiger charge is -2.31. The minimum Gasteiger partial charge on any atom is -0.497 e. The fourth-order valence-corrected chi connectivity index (χ4v) is 5.13. The highest BCUT2D eigenvalue weighted by Crippen LogP contribution is 2.26. The molecule has 2 aromatic carbocycles. The fourth-order valence-electron chi connectivity index (χ4n) is 3.66. The Morgan fingerprint density at radius 1 is 1.13 bits per heavy atom. The van der Waals surface area contributed by atoms with Crippen LogP contribution in [0.3, 0.4) is 0 Å². The largest absolute Gasteiger partial charge is 0.497 e. The Labute approximate surface area is 177 Å². The maximum atomic E-state index is 13.1. The molecule has 0 unspecified atom stereocenters. The summed E-state index contributed by atoms with van der Waals surface area (Å²) in [5.74, 6) is -0.0187. The van der Waals surface area contributed by atoms with Gasteiger partial charge in [-0.2, -0.15) is 4.31 Å². The van der Waals surface area contributed by atoms with Gasteiger partial charge in [-0.1, -0.05) is 19.1 Å². The van der Waals surface area contributed by atoms with Crippen molar-refractivity contribution in [2.75, 3.05) is 20.2 Å². The van der Waals surface area contributed by atoms with Crippen LogP contribution in [0.4, 0.5) is 4.39 Å². The van der Waals surface area contributed by atoms with E-state index in [4.69, 9.17) is 4.74 Å². The predicted molar refractivity (Wildman–Crippen MR) is 112 cm³/mol. The standard InChI is InChI=1S/C22H27FN2O4S/c1-3-21(16-4-8-19(29-2)9-5-16)24-22(26)17-12-14-25(15-13-17)30(27,28)20-10-6-18(23)7-11-20/h4-11,17,21H,3,12-15H2,1-2H3,(H,24,26)/t21-/m1/s1. The van der Waals surface area contributed by atoms with E-state index in [-0.39, 0.29) is 35.9 Å². The van der Waals surface area contributed by atoms with Crippen molar-refractivity contribution >= 4 is 15.9 Å². The second kappa shape index (κ2) is 9.57. The van der Waals surface area contributed by atoms with Crippen molar-refractivity contribution < 1.29 is 22.3 Å². The molecule has 1 heterocycles. The van der Waals surface area contributed by atoms with Crippen molar-refractivity contribution in [1.29, 1.82) is 0 Å². The van der Waals surface area contributed by atoms with Gasteiger partial charge in [0.1, 0.15) is 11.6 Å². The lowest BCUT2D eigenvalue weighted by molar-refractivity contribution is -0.126. The molecular weight excluding hydrogens is 407 g/mol. The molecule has 1 amide bonds. The van der Waals surface area contributed by atoms with Gasteiger partial charge in [0.15, 0.2) is 0 Å². The zero-order chi connectivity index (χ0) is 21.7. The number of hydrogen-bond donors (Lipinski definition) is 1. The third-order valence-corrected chi connectivity index (χ3v) is 7.43. The number of carbonyl (C=O) groups excluding carboxylic acids is 1. The number of nitrogens with zero attached hydrogens (tertiary/aromatic N) is 1. The van der Waals surface area contributed by atoms with Gasteiger partial charge in [-0.05, 0) is 61.2 Å². The fraction of sp³-hybridized carbons (Fsp3) is 0.409. The Morgan fingerprint density at radius 2 is 1.73 bits per heavy atom. The van der Waals surface area contributed by atoms with E-state index in [1.54, 1.807) is 7.11 Å². The molecule has 0 saturated carbocycles. The van der Waals surface area contributed by atoms with Crippen LogP contribution in [0.15, 0.2) is 53.4 Å². The number of methoxy groups -OCH3 is 1. The molecule has 1 atom stereocenters. The molecule has 0 radical (unpaired) electrons. The van der Waals surface area contributed by atoms with Crippen molar-refractivity contribution in [3.63, 3.8) is 0 Å². The molecule has 0 aromatic heterocycles. The molecule has 3 rings (SSSR count). The third kappa shape index (κ3) is 4.99. The number of benzene rings is 2. The highest BCUT2D eigenvalue weighted by molar-refractivity contribution is 7.89. The van der Waals surface area contributed by atoms with Gasteiger partial charge in [-0.3, -0.25) is 4.79 Å². The Bertz CT molecular complexity index is 954. The van der Waals surface area contributed by atoms with Crippen LogP contribution in [0.5, 0.6) is 5.75 Å². The molecule has 6 nitrogen and oxygen atoms in total. The van der Waals surface area contributed by atoms with Gasteiger partial charge in [0.05, 0.1) is 18.0 Å². The van der Waals surface area contributed by atoms with Crippen LogP contribution >= 0.6 is 0 Å². The molecule has 1 aliphatic rings. The maximum Gasteiger partial charge on any atom is 0.243 e. The van der Waals surface area contributed by atoms with Gasteiger partial charge in [0, 0.05) is 19.0 Å². The van der Waals surface area contributed by atoms with Crippen molar-refractivity contribution in [2.24, 2.45) is 5.92 Å². The van der Waals surface area contributed by atoms with Crippen molar-refractivity contribution in [3.05, 3.63) is 59.9 Å². The summed E-state index contributed by atoms with van der Waals surface area (Å²) in [4.78, 5) is 12.8. The molecule has 0 aliphatic carbocycles. The summed E-state index contributed by atoms with van der Waals surface area (Å²) in [5.41, 5.74) is 1.00. The molecule has 30 heavy (non-hydrogen) atoms. The van der Waals surface area contributed by atoms with Crippen LogP contribution in [0, 0.1) is 11.7 Å². The van der Waals surface area contributed by atoms with Crippen LogP contribution in [-0.4, -0.2) is 38.8 Å². The summed E-state index contributed by atoms with van der Waals surface area (Å²) >= 11 is 0. The Kier molecular flexibility index (Phi) is 7.10. The van der Waals surface area contributed by atoms with Crippen molar-refractivity contribution in [3.8, 4) is 5.75 Å². The van der Waals surface area contributed by atoms with E-state index in [2.05, 4.69) is 5.32 Å². The molecule has 1 aliphatic heterocycles. The van der Waals surface area contributed by atoms with Gasteiger partial charge in [-0.25, -0.2) is 12.8 Å². The monoisotopic (exact) mass is 434 g/mol. The molecule has 1 saturated heterocycles. The van der Waals surface area contributed by atoms with E-state index in [0.717, 1.165) is 29.9 Å². The number of carbonyl (C=O) groups is 1. The summed E-state index contributed by atoms with van der Waals surface area (Å²) in [6.45, 7) is 2.53. The average molecular weight is 435 g/mol. The number of ether oxygens (including phenoxy) is 1. The van der Waals surface area contributed by atoms with E-state index < -0.39 is 15.8 Å². The maximum absolute atomic E-state index is 13.1. The molecule has 0 spiro atoms. The molecule has 2 aromatic rings. The number of halogens is 1. The smallest absolute Gasteiger partial charge is 0.243 e. The first-order valence-corrected chi connectivity index (χ1v) is 11.5. The molecule has 1 fully saturated rings. The lowest BCUT2D eigenvalue weighted by atomic mass is 9.95. The van der Waals surface area contributed by atoms with Gasteiger partial charge in [0.2, 0.25) is 15.9 Å². The minimum absolute atomic E-state index is 0.0588. The average Bonchev–Trinajstić information content (AvgIpc) is 2.78. The second-order valence-corrected chi connectivity index (χ2v) is 9.31.